The van der Waals surface area contributed by atoms with Gasteiger partial charge in [-0.05, 0) is 12.8 Å². The minimum atomic E-state index is 0.229. The number of aromatic nitrogens is 2. The molecule has 0 aliphatic rings. The maximum atomic E-state index is 5.62. The van der Waals surface area contributed by atoms with Crippen LogP contribution in [-0.2, 0) is 0 Å². The first kappa shape index (κ1) is 11.6. The van der Waals surface area contributed by atoms with Crippen LogP contribution in [0.3, 0.4) is 0 Å². The third-order valence-electron chi connectivity index (χ3n) is 2.04. The standard InChI is InChI=1S/C10H19N5/c1-4-15(6-7(2)3)9-5-8(11)13-10(12)14-9/h5,7H,4,6H2,1-3H3,(H4,11,12,13,14). The van der Waals surface area contributed by atoms with E-state index in [0.717, 1.165) is 18.9 Å². The number of nitrogen functional groups attached to an aromatic ring is 2. The topological polar surface area (TPSA) is 81.1 Å². The van der Waals surface area contributed by atoms with E-state index in [4.69, 9.17) is 11.5 Å². The molecule has 1 rings (SSSR count). The van der Waals surface area contributed by atoms with Gasteiger partial charge in [-0.1, -0.05) is 13.8 Å². The van der Waals surface area contributed by atoms with Gasteiger partial charge in [0.1, 0.15) is 11.6 Å². The summed E-state index contributed by atoms with van der Waals surface area (Å²) in [4.78, 5) is 10.2. The van der Waals surface area contributed by atoms with Crippen molar-refractivity contribution in [2.75, 3.05) is 29.5 Å². The lowest BCUT2D eigenvalue weighted by Gasteiger charge is -2.24. The quantitative estimate of drug-likeness (QED) is 0.776. The fourth-order valence-electron chi connectivity index (χ4n) is 1.46. The molecule has 0 aromatic carbocycles. The van der Waals surface area contributed by atoms with Crippen molar-refractivity contribution < 1.29 is 0 Å². The number of hydrogen-bond acceptors (Lipinski definition) is 5. The molecule has 1 aromatic heterocycles. The molecule has 5 heteroatoms. The zero-order chi connectivity index (χ0) is 11.4. The average molecular weight is 209 g/mol. The number of nitrogens with two attached hydrogens (primary N) is 2. The predicted octanol–water partition coefficient (Wildman–Crippen LogP) is 1.12. The second-order valence-electron chi connectivity index (χ2n) is 3.94. The van der Waals surface area contributed by atoms with Crippen molar-refractivity contribution in [3.8, 4) is 0 Å². The second-order valence-corrected chi connectivity index (χ2v) is 3.94. The maximum Gasteiger partial charge on any atom is 0.223 e. The first-order valence-electron chi connectivity index (χ1n) is 5.18. The third kappa shape index (κ3) is 3.27. The van der Waals surface area contributed by atoms with Gasteiger partial charge in [0.15, 0.2) is 0 Å². The number of nitrogens with zero attached hydrogens (tertiary/aromatic N) is 3. The van der Waals surface area contributed by atoms with E-state index in [-0.39, 0.29) is 5.95 Å². The van der Waals surface area contributed by atoms with E-state index in [9.17, 15) is 0 Å². The molecule has 0 saturated heterocycles. The minimum Gasteiger partial charge on any atom is -0.383 e. The zero-order valence-corrected chi connectivity index (χ0v) is 9.57. The molecule has 0 spiro atoms. The van der Waals surface area contributed by atoms with E-state index in [1.807, 2.05) is 0 Å². The molecule has 0 saturated carbocycles. The van der Waals surface area contributed by atoms with Crippen molar-refractivity contribution in [3.63, 3.8) is 0 Å². The summed E-state index contributed by atoms with van der Waals surface area (Å²) in [5.74, 6) is 2.02. The summed E-state index contributed by atoms with van der Waals surface area (Å²) in [6.07, 6.45) is 0. The van der Waals surface area contributed by atoms with Crippen LogP contribution in [0.2, 0.25) is 0 Å². The van der Waals surface area contributed by atoms with Crippen LogP contribution in [0, 0.1) is 5.92 Å². The van der Waals surface area contributed by atoms with Crippen LogP contribution in [0.4, 0.5) is 17.6 Å². The van der Waals surface area contributed by atoms with Crippen LogP contribution in [0.1, 0.15) is 20.8 Å². The van der Waals surface area contributed by atoms with E-state index >= 15 is 0 Å². The van der Waals surface area contributed by atoms with Gasteiger partial charge in [-0.3, -0.25) is 0 Å². The molecule has 0 radical (unpaired) electrons. The first-order valence-corrected chi connectivity index (χ1v) is 5.18. The van der Waals surface area contributed by atoms with Crippen molar-refractivity contribution in [3.05, 3.63) is 6.07 Å². The number of hydrogen-bond donors (Lipinski definition) is 2. The molecule has 0 aliphatic heterocycles. The van der Waals surface area contributed by atoms with Crippen molar-refractivity contribution in [2.24, 2.45) is 5.92 Å². The lowest BCUT2D eigenvalue weighted by atomic mass is 10.2. The second kappa shape index (κ2) is 4.82. The molecule has 4 N–H and O–H groups in total. The molecule has 0 aliphatic carbocycles. The highest BCUT2D eigenvalue weighted by Gasteiger charge is 2.09. The molecular weight excluding hydrogens is 190 g/mol. The molecule has 0 atom stereocenters. The van der Waals surface area contributed by atoms with Crippen LogP contribution >= 0.6 is 0 Å². The predicted molar refractivity (Wildman–Crippen MR) is 63.6 cm³/mol. The average Bonchev–Trinajstić information content (AvgIpc) is 2.12. The van der Waals surface area contributed by atoms with Crippen LogP contribution in [0.15, 0.2) is 6.07 Å². The Morgan fingerprint density at radius 2 is 2.00 bits per heavy atom. The molecular formula is C10H19N5. The van der Waals surface area contributed by atoms with Gasteiger partial charge in [0, 0.05) is 19.2 Å². The van der Waals surface area contributed by atoms with Gasteiger partial charge in [-0.2, -0.15) is 9.97 Å². The lowest BCUT2D eigenvalue weighted by Crippen LogP contribution is -2.28. The first-order chi connectivity index (χ1) is 7.02. The molecule has 0 bridgehead atoms. The van der Waals surface area contributed by atoms with Gasteiger partial charge < -0.3 is 16.4 Å². The highest BCUT2D eigenvalue weighted by atomic mass is 15.2. The van der Waals surface area contributed by atoms with Crippen molar-refractivity contribution in [1.29, 1.82) is 0 Å². The monoisotopic (exact) mass is 209 g/mol. The Morgan fingerprint density at radius 1 is 1.33 bits per heavy atom. The summed E-state index contributed by atoms with van der Waals surface area (Å²) in [6, 6.07) is 1.75. The molecule has 0 unspecified atom stereocenters. The highest BCUT2D eigenvalue weighted by molar-refractivity contribution is 5.50. The fourth-order valence-corrected chi connectivity index (χ4v) is 1.46. The van der Waals surface area contributed by atoms with Gasteiger partial charge in [0.2, 0.25) is 5.95 Å². The summed E-state index contributed by atoms with van der Waals surface area (Å²) in [7, 11) is 0. The van der Waals surface area contributed by atoms with Crippen LogP contribution in [-0.4, -0.2) is 23.1 Å². The normalized spacial score (nSPS) is 10.7. The van der Waals surface area contributed by atoms with Gasteiger partial charge in [0.25, 0.3) is 0 Å². The van der Waals surface area contributed by atoms with E-state index in [1.54, 1.807) is 6.07 Å². The Kier molecular flexibility index (Phi) is 3.71. The van der Waals surface area contributed by atoms with Gasteiger partial charge in [0.05, 0.1) is 0 Å². The Bertz CT molecular complexity index is 303. The van der Waals surface area contributed by atoms with Crippen molar-refractivity contribution in [1.82, 2.24) is 9.97 Å². The smallest absolute Gasteiger partial charge is 0.223 e. The Balaban J connectivity index is 2.91. The Morgan fingerprint density at radius 3 is 2.47 bits per heavy atom. The van der Waals surface area contributed by atoms with E-state index in [1.165, 1.54) is 0 Å². The Labute approximate surface area is 90.5 Å². The molecule has 0 fully saturated rings. The summed E-state index contributed by atoms with van der Waals surface area (Å²) in [5, 5.41) is 0. The molecule has 1 heterocycles. The van der Waals surface area contributed by atoms with Crippen molar-refractivity contribution in [2.45, 2.75) is 20.8 Å². The summed E-state index contributed by atoms with van der Waals surface area (Å²) in [5.41, 5.74) is 11.2. The SMILES string of the molecule is CCN(CC(C)C)c1cc(N)nc(N)n1. The summed E-state index contributed by atoms with van der Waals surface area (Å²) >= 11 is 0. The summed E-state index contributed by atoms with van der Waals surface area (Å²) < 4.78 is 0. The van der Waals surface area contributed by atoms with E-state index in [2.05, 4.69) is 35.6 Å². The van der Waals surface area contributed by atoms with Gasteiger partial charge in [-0.25, -0.2) is 0 Å². The third-order valence-corrected chi connectivity index (χ3v) is 2.04. The molecule has 0 amide bonds. The van der Waals surface area contributed by atoms with E-state index in [0.29, 0.717) is 11.7 Å². The molecule has 84 valence electrons. The van der Waals surface area contributed by atoms with Crippen LogP contribution in [0.25, 0.3) is 0 Å². The lowest BCUT2D eigenvalue weighted by molar-refractivity contribution is 0.614. The number of anilines is 3. The largest absolute Gasteiger partial charge is 0.383 e. The van der Waals surface area contributed by atoms with Crippen LogP contribution in [0.5, 0.6) is 0 Å². The highest BCUT2D eigenvalue weighted by Crippen LogP contribution is 2.16. The van der Waals surface area contributed by atoms with E-state index < -0.39 is 0 Å². The fraction of sp³-hybridized carbons (Fsp3) is 0.600. The number of rotatable bonds is 4. The summed E-state index contributed by atoms with van der Waals surface area (Å²) in [6.45, 7) is 8.23. The molecule has 1 aromatic rings. The Hall–Kier alpha value is -1.52. The van der Waals surface area contributed by atoms with Crippen molar-refractivity contribution >= 4 is 17.6 Å². The maximum absolute atomic E-state index is 5.62. The van der Waals surface area contributed by atoms with Gasteiger partial charge in [-0.15, -0.1) is 0 Å². The zero-order valence-electron chi connectivity index (χ0n) is 9.57. The van der Waals surface area contributed by atoms with Crippen LogP contribution < -0.4 is 16.4 Å². The molecule has 15 heavy (non-hydrogen) atoms. The minimum absolute atomic E-state index is 0.229. The van der Waals surface area contributed by atoms with Gasteiger partial charge >= 0.3 is 0 Å². The molecule has 5 nitrogen and oxygen atoms in total.